The standard InChI is InChI=1S/C26H36NO2/c1-25-12-10-19(28)16-18(25)6-7-20-21-8-9-23(26(21,2)13-11-22(20)25)24(29)17-27-14-4-3-5-15-27/h3-6,14-15,19-23,28H,7-13,16-17H2,1-2H3/q+1/t19-,20?,21?,22?,23+,25-,26-/m0/s1. The summed E-state index contributed by atoms with van der Waals surface area (Å²) in [4.78, 5) is 13.3. The zero-order valence-corrected chi connectivity index (χ0v) is 18.0. The Morgan fingerprint density at radius 2 is 1.86 bits per heavy atom. The largest absolute Gasteiger partial charge is 0.393 e. The molecular formula is C26H36NO2+. The topological polar surface area (TPSA) is 41.2 Å². The summed E-state index contributed by atoms with van der Waals surface area (Å²) >= 11 is 0. The molecule has 3 saturated carbocycles. The summed E-state index contributed by atoms with van der Waals surface area (Å²) in [5, 5.41) is 10.2. The maximum Gasteiger partial charge on any atom is 0.206 e. The number of aliphatic hydroxyl groups excluding tert-OH is 1. The molecule has 29 heavy (non-hydrogen) atoms. The molecule has 5 rings (SSSR count). The SMILES string of the molecule is C[C@]12CC[C@H](O)CC1=CCC1C2CC[C@@]2(C)C1CC[C@@H]2C(=O)C[n+]1ccccc1. The number of aromatic nitrogens is 1. The van der Waals surface area contributed by atoms with Crippen LogP contribution in [0.1, 0.15) is 65.2 Å². The molecule has 7 atom stereocenters. The molecule has 0 amide bonds. The van der Waals surface area contributed by atoms with Gasteiger partial charge in [-0.1, -0.05) is 31.6 Å². The predicted octanol–water partition coefficient (Wildman–Crippen LogP) is 4.48. The molecule has 3 heteroatoms. The zero-order chi connectivity index (χ0) is 20.2. The number of fused-ring (bicyclic) bond motifs is 5. The van der Waals surface area contributed by atoms with Crippen molar-refractivity contribution >= 4 is 5.78 Å². The molecule has 0 bridgehead atoms. The van der Waals surface area contributed by atoms with Crippen molar-refractivity contribution in [3.63, 3.8) is 0 Å². The van der Waals surface area contributed by atoms with Crippen LogP contribution < -0.4 is 4.57 Å². The Hall–Kier alpha value is -1.48. The Bertz CT molecular complexity index is 817. The summed E-state index contributed by atoms with van der Waals surface area (Å²) in [5.74, 6) is 2.79. The second-order valence-corrected chi connectivity index (χ2v) is 10.8. The van der Waals surface area contributed by atoms with Gasteiger partial charge in [-0.2, -0.15) is 4.57 Å². The van der Waals surface area contributed by atoms with Crippen LogP contribution in [-0.4, -0.2) is 17.0 Å². The molecule has 3 fully saturated rings. The van der Waals surface area contributed by atoms with Crippen LogP contribution in [0.2, 0.25) is 0 Å². The van der Waals surface area contributed by atoms with Gasteiger partial charge < -0.3 is 5.11 Å². The van der Waals surface area contributed by atoms with Crippen LogP contribution in [0.15, 0.2) is 42.2 Å². The fourth-order valence-electron chi connectivity index (χ4n) is 8.00. The normalized spacial score (nSPS) is 43.7. The van der Waals surface area contributed by atoms with Crippen molar-refractivity contribution < 1.29 is 14.5 Å². The monoisotopic (exact) mass is 394 g/mol. The second-order valence-electron chi connectivity index (χ2n) is 10.8. The quantitative estimate of drug-likeness (QED) is 0.606. The smallest absolute Gasteiger partial charge is 0.206 e. The molecule has 1 aromatic heterocycles. The number of rotatable bonds is 3. The number of aliphatic hydroxyl groups is 1. The van der Waals surface area contributed by atoms with E-state index in [2.05, 4.69) is 19.9 Å². The molecule has 1 N–H and O–H groups in total. The summed E-state index contributed by atoms with van der Waals surface area (Å²) in [5.41, 5.74) is 1.99. The third kappa shape index (κ3) is 3.03. The van der Waals surface area contributed by atoms with Crippen molar-refractivity contribution in [2.24, 2.45) is 34.5 Å². The lowest BCUT2D eigenvalue weighted by Crippen LogP contribution is -2.51. The van der Waals surface area contributed by atoms with Crippen LogP contribution in [0.25, 0.3) is 0 Å². The first-order valence-electron chi connectivity index (χ1n) is 11.8. The minimum Gasteiger partial charge on any atom is -0.393 e. The van der Waals surface area contributed by atoms with E-state index in [4.69, 9.17) is 0 Å². The van der Waals surface area contributed by atoms with Gasteiger partial charge in [0, 0.05) is 18.1 Å². The maximum absolute atomic E-state index is 13.3. The summed E-state index contributed by atoms with van der Waals surface area (Å²) in [7, 11) is 0. The lowest BCUT2D eigenvalue weighted by molar-refractivity contribution is -0.684. The number of Topliss-reactive ketones (excluding diaryl/α,β-unsaturated/α-hetero) is 1. The number of hydrogen-bond acceptors (Lipinski definition) is 2. The number of allylic oxidation sites excluding steroid dienone is 1. The average Bonchev–Trinajstić information content (AvgIpc) is 3.06. The van der Waals surface area contributed by atoms with Crippen LogP contribution in [0, 0.1) is 34.5 Å². The molecule has 3 unspecified atom stereocenters. The molecule has 1 heterocycles. The van der Waals surface area contributed by atoms with Crippen LogP contribution in [0.4, 0.5) is 0 Å². The fraction of sp³-hybridized carbons (Fsp3) is 0.692. The van der Waals surface area contributed by atoms with Gasteiger partial charge in [-0.25, -0.2) is 0 Å². The maximum atomic E-state index is 13.3. The summed E-state index contributed by atoms with van der Waals surface area (Å²) < 4.78 is 2.04. The van der Waals surface area contributed by atoms with Gasteiger partial charge in [-0.15, -0.1) is 0 Å². The van der Waals surface area contributed by atoms with Crippen LogP contribution >= 0.6 is 0 Å². The van der Waals surface area contributed by atoms with E-state index in [1.807, 2.05) is 35.2 Å². The third-order valence-electron chi connectivity index (χ3n) is 9.58. The molecule has 1 aromatic rings. The number of ketones is 1. The Morgan fingerprint density at radius 1 is 1.07 bits per heavy atom. The van der Waals surface area contributed by atoms with Crippen molar-refractivity contribution in [2.45, 2.75) is 77.9 Å². The van der Waals surface area contributed by atoms with Gasteiger partial charge in [0.25, 0.3) is 0 Å². The van der Waals surface area contributed by atoms with Gasteiger partial charge in [0.1, 0.15) is 0 Å². The molecule has 0 spiro atoms. The van der Waals surface area contributed by atoms with E-state index in [-0.39, 0.29) is 22.9 Å². The first-order chi connectivity index (χ1) is 13.9. The van der Waals surface area contributed by atoms with E-state index in [9.17, 15) is 9.90 Å². The van der Waals surface area contributed by atoms with E-state index >= 15 is 0 Å². The summed E-state index contributed by atoms with van der Waals surface area (Å²) in [6.45, 7) is 5.43. The first kappa shape index (κ1) is 19.5. The fourth-order valence-corrected chi connectivity index (χ4v) is 8.00. The summed E-state index contributed by atoms with van der Waals surface area (Å²) in [6.07, 6.45) is 15.3. The average molecular weight is 395 g/mol. The van der Waals surface area contributed by atoms with E-state index in [1.54, 1.807) is 0 Å². The Balaban J connectivity index is 1.38. The van der Waals surface area contributed by atoms with Crippen molar-refractivity contribution in [3.8, 4) is 0 Å². The molecule has 3 nitrogen and oxygen atoms in total. The predicted molar refractivity (Wildman–Crippen MR) is 113 cm³/mol. The first-order valence-corrected chi connectivity index (χ1v) is 11.8. The molecule has 0 aromatic carbocycles. The van der Waals surface area contributed by atoms with Gasteiger partial charge >= 0.3 is 0 Å². The molecule has 0 aliphatic heterocycles. The number of nitrogens with zero attached hydrogens (tertiary/aromatic N) is 1. The van der Waals surface area contributed by atoms with Crippen molar-refractivity contribution in [2.75, 3.05) is 0 Å². The lowest BCUT2D eigenvalue weighted by Gasteiger charge is -2.57. The van der Waals surface area contributed by atoms with Crippen molar-refractivity contribution in [3.05, 3.63) is 42.2 Å². The molecule has 156 valence electrons. The number of pyridine rings is 1. The minimum atomic E-state index is -0.135. The third-order valence-corrected chi connectivity index (χ3v) is 9.58. The van der Waals surface area contributed by atoms with E-state index in [0.29, 0.717) is 18.2 Å². The van der Waals surface area contributed by atoms with Crippen molar-refractivity contribution in [1.82, 2.24) is 0 Å². The highest BCUT2D eigenvalue weighted by Crippen LogP contribution is 2.66. The second kappa shape index (κ2) is 7.04. The van der Waals surface area contributed by atoms with Gasteiger partial charge in [0.05, 0.1) is 6.10 Å². The van der Waals surface area contributed by atoms with Gasteiger partial charge in [-0.3, -0.25) is 4.79 Å². The minimum absolute atomic E-state index is 0.135. The molecular weight excluding hydrogens is 358 g/mol. The van der Waals surface area contributed by atoms with Crippen LogP contribution in [-0.2, 0) is 11.3 Å². The lowest BCUT2D eigenvalue weighted by atomic mass is 9.47. The Morgan fingerprint density at radius 3 is 2.66 bits per heavy atom. The Kier molecular flexibility index (Phi) is 4.73. The van der Waals surface area contributed by atoms with E-state index < -0.39 is 0 Å². The van der Waals surface area contributed by atoms with E-state index in [0.717, 1.165) is 43.9 Å². The number of carbonyl (C=O) groups excluding carboxylic acids is 1. The van der Waals surface area contributed by atoms with Gasteiger partial charge in [0.15, 0.2) is 12.4 Å². The Labute approximate surface area is 175 Å². The van der Waals surface area contributed by atoms with E-state index in [1.165, 1.54) is 24.8 Å². The number of carbonyl (C=O) groups is 1. The van der Waals surface area contributed by atoms with Crippen LogP contribution in [0.3, 0.4) is 0 Å². The highest BCUT2D eigenvalue weighted by molar-refractivity contribution is 5.81. The molecule has 0 saturated heterocycles. The van der Waals surface area contributed by atoms with Gasteiger partial charge in [-0.05, 0) is 80.0 Å². The van der Waals surface area contributed by atoms with Crippen molar-refractivity contribution in [1.29, 1.82) is 0 Å². The van der Waals surface area contributed by atoms with Crippen LogP contribution in [0.5, 0.6) is 0 Å². The molecule has 4 aliphatic rings. The summed E-state index contributed by atoms with van der Waals surface area (Å²) in [6, 6.07) is 6.02. The highest BCUT2D eigenvalue weighted by atomic mass is 16.3. The number of hydrogen-bond donors (Lipinski definition) is 1. The molecule has 0 radical (unpaired) electrons. The van der Waals surface area contributed by atoms with Gasteiger partial charge in [0.2, 0.25) is 12.3 Å². The zero-order valence-electron chi connectivity index (χ0n) is 18.0. The molecule has 4 aliphatic carbocycles. The highest BCUT2D eigenvalue weighted by Gasteiger charge is 2.59.